The van der Waals surface area contributed by atoms with Crippen LogP contribution in [0.15, 0.2) is 15.5 Å². The van der Waals surface area contributed by atoms with Gasteiger partial charge in [-0.1, -0.05) is 13.8 Å². The van der Waals surface area contributed by atoms with Crippen LogP contribution in [0, 0.1) is 0 Å². The number of hydrogen-bond acceptors (Lipinski definition) is 5. The van der Waals surface area contributed by atoms with Crippen molar-refractivity contribution in [2.45, 2.75) is 38.8 Å². The van der Waals surface area contributed by atoms with E-state index in [0.29, 0.717) is 10.2 Å². The molecule has 1 aromatic heterocycles. The molecule has 0 aromatic carbocycles. The van der Waals surface area contributed by atoms with Gasteiger partial charge in [-0.25, -0.2) is 4.68 Å². The maximum atomic E-state index is 12.0. The topological polar surface area (TPSA) is 87.4 Å². The molecular weight excluding hydrogens is 314 g/mol. The van der Waals surface area contributed by atoms with Gasteiger partial charge in [-0.05, 0) is 28.8 Å². The highest BCUT2D eigenvalue weighted by molar-refractivity contribution is 9.10. The first-order valence-electron chi connectivity index (χ1n) is 6.29. The largest absolute Gasteiger partial charge is 0.394 e. The van der Waals surface area contributed by atoms with Gasteiger partial charge in [0.1, 0.15) is 4.47 Å². The molecule has 0 aliphatic heterocycles. The Balaban J connectivity index is 3.09. The summed E-state index contributed by atoms with van der Waals surface area (Å²) in [5.74, 6) is 0. The normalized spacial score (nSPS) is 11.6. The number of aliphatic hydroxyl groups is 2. The molecule has 0 fully saturated rings. The molecule has 0 atom stereocenters. The van der Waals surface area contributed by atoms with Crippen LogP contribution in [0.25, 0.3) is 0 Å². The molecule has 19 heavy (non-hydrogen) atoms. The Morgan fingerprint density at radius 3 is 2.53 bits per heavy atom. The van der Waals surface area contributed by atoms with Gasteiger partial charge >= 0.3 is 0 Å². The molecule has 0 saturated heterocycles. The zero-order chi connectivity index (χ0) is 14.5. The van der Waals surface area contributed by atoms with Crippen molar-refractivity contribution in [2.75, 3.05) is 18.5 Å². The van der Waals surface area contributed by atoms with E-state index < -0.39 is 5.54 Å². The van der Waals surface area contributed by atoms with E-state index in [9.17, 15) is 9.90 Å². The fourth-order valence-corrected chi connectivity index (χ4v) is 2.19. The quantitative estimate of drug-likeness (QED) is 0.691. The number of nitrogens with one attached hydrogen (secondary N) is 1. The molecule has 0 unspecified atom stereocenters. The summed E-state index contributed by atoms with van der Waals surface area (Å²) < 4.78 is 1.55. The molecule has 6 nitrogen and oxygen atoms in total. The summed E-state index contributed by atoms with van der Waals surface area (Å²) in [5.41, 5.74) is -0.213. The zero-order valence-corrected chi connectivity index (χ0v) is 12.8. The molecule has 1 rings (SSSR count). The molecule has 3 N–H and O–H groups in total. The summed E-state index contributed by atoms with van der Waals surface area (Å²) in [6.45, 7) is 3.94. The molecule has 1 heterocycles. The second-order valence-electron chi connectivity index (χ2n) is 4.39. The van der Waals surface area contributed by atoms with Crippen LogP contribution in [0.3, 0.4) is 0 Å². The van der Waals surface area contributed by atoms with Crippen molar-refractivity contribution in [2.24, 2.45) is 0 Å². The lowest BCUT2D eigenvalue weighted by Gasteiger charge is -2.32. The fraction of sp³-hybridized carbons (Fsp3) is 0.667. The third kappa shape index (κ3) is 3.55. The first-order chi connectivity index (χ1) is 9.03. The van der Waals surface area contributed by atoms with Crippen LogP contribution in [0.4, 0.5) is 5.69 Å². The van der Waals surface area contributed by atoms with Gasteiger partial charge in [-0.15, -0.1) is 0 Å². The van der Waals surface area contributed by atoms with Gasteiger partial charge in [0.05, 0.1) is 37.2 Å². The minimum atomic E-state index is -0.459. The summed E-state index contributed by atoms with van der Waals surface area (Å²) in [4.78, 5) is 12.0. The Hall–Kier alpha value is -0.920. The van der Waals surface area contributed by atoms with Crippen LogP contribution in [0.1, 0.15) is 26.7 Å². The fourth-order valence-electron chi connectivity index (χ4n) is 1.78. The maximum Gasteiger partial charge on any atom is 0.283 e. The lowest BCUT2D eigenvalue weighted by Crippen LogP contribution is -2.41. The molecule has 0 amide bonds. The number of rotatable bonds is 7. The van der Waals surface area contributed by atoms with Crippen LogP contribution in [-0.2, 0) is 6.54 Å². The van der Waals surface area contributed by atoms with Gasteiger partial charge in [0.15, 0.2) is 0 Å². The van der Waals surface area contributed by atoms with E-state index in [2.05, 4.69) is 26.3 Å². The predicted molar refractivity (Wildman–Crippen MR) is 77.3 cm³/mol. The van der Waals surface area contributed by atoms with Gasteiger partial charge < -0.3 is 15.5 Å². The van der Waals surface area contributed by atoms with E-state index in [0.717, 1.165) is 12.8 Å². The Labute approximate surface area is 120 Å². The van der Waals surface area contributed by atoms with E-state index in [1.807, 2.05) is 13.8 Å². The highest BCUT2D eigenvalue weighted by atomic mass is 79.9. The highest BCUT2D eigenvalue weighted by Crippen LogP contribution is 2.25. The zero-order valence-electron chi connectivity index (χ0n) is 11.2. The van der Waals surface area contributed by atoms with Crippen molar-refractivity contribution in [1.82, 2.24) is 9.78 Å². The lowest BCUT2D eigenvalue weighted by atomic mass is 9.93. The Kier molecular flexibility index (Phi) is 5.96. The minimum absolute atomic E-state index is 0.0217. The van der Waals surface area contributed by atoms with E-state index in [-0.39, 0.29) is 25.3 Å². The number of halogens is 1. The van der Waals surface area contributed by atoms with Crippen LogP contribution in [0.5, 0.6) is 0 Å². The predicted octanol–water partition coefficient (Wildman–Crippen LogP) is 0.961. The average Bonchev–Trinajstić information content (AvgIpc) is 2.44. The van der Waals surface area contributed by atoms with Crippen molar-refractivity contribution in [3.8, 4) is 0 Å². The van der Waals surface area contributed by atoms with Crippen LogP contribution in [0.2, 0.25) is 0 Å². The third-order valence-electron chi connectivity index (χ3n) is 3.35. The number of hydrogen-bond donors (Lipinski definition) is 3. The number of anilines is 1. The third-order valence-corrected chi connectivity index (χ3v) is 4.12. The van der Waals surface area contributed by atoms with Crippen molar-refractivity contribution in [3.05, 3.63) is 21.0 Å². The monoisotopic (exact) mass is 333 g/mol. The first-order valence-corrected chi connectivity index (χ1v) is 7.08. The van der Waals surface area contributed by atoms with Crippen molar-refractivity contribution in [1.29, 1.82) is 0 Å². The second-order valence-corrected chi connectivity index (χ2v) is 5.19. The molecular formula is C12H20BrN3O3. The molecule has 7 heteroatoms. The maximum absolute atomic E-state index is 12.0. The minimum Gasteiger partial charge on any atom is -0.394 e. The molecule has 0 saturated carbocycles. The smallest absolute Gasteiger partial charge is 0.283 e. The summed E-state index contributed by atoms with van der Waals surface area (Å²) in [6.07, 6.45) is 2.98. The highest BCUT2D eigenvalue weighted by Gasteiger charge is 2.26. The summed E-state index contributed by atoms with van der Waals surface area (Å²) >= 11 is 3.24. The molecule has 1 aromatic rings. The molecule has 108 valence electrons. The van der Waals surface area contributed by atoms with Crippen molar-refractivity contribution < 1.29 is 10.2 Å². The Morgan fingerprint density at radius 1 is 1.42 bits per heavy atom. The van der Waals surface area contributed by atoms with Crippen LogP contribution < -0.4 is 10.9 Å². The van der Waals surface area contributed by atoms with Gasteiger partial charge in [-0.2, -0.15) is 5.10 Å². The Bertz CT molecular complexity index is 464. The average molecular weight is 334 g/mol. The van der Waals surface area contributed by atoms with E-state index in [1.165, 1.54) is 10.9 Å². The van der Waals surface area contributed by atoms with Gasteiger partial charge in [0.25, 0.3) is 5.56 Å². The Morgan fingerprint density at radius 2 is 2.05 bits per heavy atom. The molecule has 0 radical (unpaired) electrons. The van der Waals surface area contributed by atoms with Crippen molar-refractivity contribution in [3.63, 3.8) is 0 Å². The molecule has 0 spiro atoms. The van der Waals surface area contributed by atoms with E-state index in [1.54, 1.807) is 0 Å². The second kappa shape index (κ2) is 7.02. The number of nitrogens with zero attached hydrogens (tertiary/aromatic N) is 2. The SMILES string of the molecule is CCC(CC)(CO)Nc1cnn(CCO)c(=O)c1Br. The molecule has 0 aliphatic carbocycles. The summed E-state index contributed by atoms with van der Waals surface area (Å²) in [7, 11) is 0. The summed E-state index contributed by atoms with van der Waals surface area (Å²) in [6, 6.07) is 0. The molecule has 0 bridgehead atoms. The van der Waals surface area contributed by atoms with Gasteiger partial charge in [0.2, 0.25) is 0 Å². The first kappa shape index (κ1) is 16.1. The van der Waals surface area contributed by atoms with E-state index >= 15 is 0 Å². The van der Waals surface area contributed by atoms with Gasteiger partial charge in [0, 0.05) is 0 Å². The van der Waals surface area contributed by atoms with Gasteiger partial charge in [-0.3, -0.25) is 4.79 Å². The van der Waals surface area contributed by atoms with Crippen molar-refractivity contribution >= 4 is 21.6 Å². The lowest BCUT2D eigenvalue weighted by molar-refractivity contribution is 0.202. The van der Waals surface area contributed by atoms with Crippen LogP contribution in [-0.4, -0.2) is 38.7 Å². The van der Waals surface area contributed by atoms with Crippen LogP contribution >= 0.6 is 15.9 Å². The van der Waals surface area contributed by atoms with E-state index in [4.69, 9.17) is 5.11 Å². The summed E-state index contributed by atoms with van der Waals surface area (Å²) in [5, 5.41) is 25.5. The number of aliphatic hydroxyl groups excluding tert-OH is 2. The molecule has 0 aliphatic rings. The number of aromatic nitrogens is 2. The standard InChI is InChI=1S/C12H20BrN3O3/c1-3-12(4-2,8-18)15-9-7-14-16(5-6-17)11(19)10(9)13/h7,15,17-18H,3-6,8H2,1-2H3.